The number of rotatable bonds is 3. The van der Waals surface area contributed by atoms with Gasteiger partial charge in [-0.2, -0.15) is 4.98 Å². The molecule has 0 aliphatic heterocycles. The van der Waals surface area contributed by atoms with E-state index < -0.39 is 0 Å². The summed E-state index contributed by atoms with van der Waals surface area (Å²) in [7, 11) is 1.82. The maximum Gasteiger partial charge on any atom is 0.224 e. The van der Waals surface area contributed by atoms with Crippen molar-refractivity contribution >= 4 is 5.82 Å². The van der Waals surface area contributed by atoms with Crippen LogP contribution in [0, 0.1) is 20.8 Å². The zero-order valence-electron chi connectivity index (χ0n) is 11.1. The van der Waals surface area contributed by atoms with Gasteiger partial charge in [0.15, 0.2) is 0 Å². The Balaban J connectivity index is 2.33. The Morgan fingerprint density at radius 2 is 1.83 bits per heavy atom. The van der Waals surface area contributed by atoms with E-state index in [1.165, 1.54) is 0 Å². The van der Waals surface area contributed by atoms with Gasteiger partial charge in [0.1, 0.15) is 17.4 Å². The van der Waals surface area contributed by atoms with Crippen LogP contribution >= 0.6 is 0 Å². The lowest BCUT2D eigenvalue weighted by molar-refractivity contribution is 0.456. The number of aryl methyl sites for hydroxylation is 3. The fourth-order valence-corrected chi connectivity index (χ4v) is 1.65. The molecule has 4 heteroatoms. The Labute approximate surface area is 107 Å². The number of benzene rings is 1. The molecule has 0 fully saturated rings. The number of hydrogen-bond acceptors (Lipinski definition) is 4. The Bertz CT molecular complexity index is 567. The van der Waals surface area contributed by atoms with Crippen LogP contribution in [0.2, 0.25) is 0 Å². The Morgan fingerprint density at radius 1 is 1.06 bits per heavy atom. The van der Waals surface area contributed by atoms with Crippen molar-refractivity contribution in [2.75, 3.05) is 12.4 Å². The molecule has 0 saturated carbocycles. The number of hydrogen-bond donors (Lipinski definition) is 1. The molecule has 1 aromatic carbocycles. The molecule has 0 radical (unpaired) electrons. The molecule has 0 amide bonds. The molecule has 0 unspecified atom stereocenters. The highest BCUT2D eigenvalue weighted by Gasteiger charge is 2.05. The third kappa shape index (κ3) is 2.77. The average Bonchev–Trinajstić information content (AvgIpc) is 2.33. The van der Waals surface area contributed by atoms with Crippen molar-refractivity contribution in [2.24, 2.45) is 0 Å². The summed E-state index contributed by atoms with van der Waals surface area (Å²) in [5, 5.41) is 2.99. The van der Waals surface area contributed by atoms with Gasteiger partial charge in [-0.25, -0.2) is 4.98 Å². The maximum atomic E-state index is 5.82. The van der Waals surface area contributed by atoms with E-state index in [-0.39, 0.29) is 0 Å². The zero-order chi connectivity index (χ0) is 13.1. The first-order chi connectivity index (χ1) is 8.58. The predicted octanol–water partition coefficient (Wildman–Crippen LogP) is 3.24. The highest BCUT2D eigenvalue weighted by molar-refractivity contribution is 5.42. The number of ether oxygens (including phenoxy) is 1. The van der Waals surface area contributed by atoms with Crippen LogP contribution in [0.15, 0.2) is 24.3 Å². The van der Waals surface area contributed by atoms with Crippen LogP contribution < -0.4 is 10.1 Å². The molecule has 4 nitrogen and oxygen atoms in total. The summed E-state index contributed by atoms with van der Waals surface area (Å²) in [5.41, 5.74) is 2.25. The van der Waals surface area contributed by atoms with Crippen LogP contribution in [0.25, 0.3) is 0 Å². The summed E-state index contributed by atoms with van der Waals surface area (Å²) >= 11 is 0. The van der Waals surface area contributed by atoms with Gasteiger partial charge in [0.2, 0.25) is 5.88 Å². The Hall–Kier alpha value is -2.10. The minimum absolute atomic E-state index is 0.556. The topological polar surface area (TPSA) is 47.0 Å². The Kier molecular flexibility index (Phi) is 3.46. The monoisotopic (exact) mass is 243 g/mol. The summed E-state index contributed by atoms with van der Waals surface area (Å²) < 4.78 is 5.82. The van der Waals surface area contributed by atoms with Gasteiger partial charge in [0.05, 0.1) is 0 Å². The van der Waals surface area contributed by atoms with E-state index in [9.17, 15) is 0 Å². The minimum Gasteiger partial charge on any atom is -0.439 e. The van der Waals surface area contributed by atoms with Gasteiger partial charge in [0, 0.05) is 13.1 Å². The fourth-order valence-electron chi connectivity index (χ4n) is 1.65. The lowest BCUT2D eigenvalue weighted by Gasteiger charge is -2.10. The second-order valence-electron chi connectivity index (χ2n) is 4.26. The smallest absolute Gasteiger partial charge is 0.224 e. The van der Waals surface area contributed by atoms with E-state index in [1.54, 1.807) is 6.07 Å². The maximum absolute atomic E-state index is 5.82. The standard InChI is InChI=1S/C14H17N3O/c1-9-5-6-10(2)12(7-9)18-14-8-13(15-4)16-11(3)17-14/h5-8H,1-4H3,(H,15,16,17). The number of nitrogens with zero attached hydrogens (tertiary/aromatic N) is 2. The van der Waals surface area contributed by atoms with Crippen LogP contribution in [0.1, 0.15) is 17.0 Å². The summed E-state index contributed by atoms with van der Waals surface area (Å²) in [6, 6.07) is 7.89. The molecular formula is C14H17N3O. The molecule has 2 rings (SSSR count). The quantitative estimate of drug-likeness (QED) is 0.899. The van der Waals surface area contributed by atoms with Gasteiger partial charge < -0.3 is 10.1 Å². The predicted molar refractivity (Wildman–Crippen MR) is 72.3 cm³/mol. The van der Waals surface area contributed by atoms with Gasteiger partial charge in [0.25, 0.3) is 0 Å². The van der Waals surface area contributed by atoms with Crippen LogP contribution in [0.3, 0.4) is 0 Å². The molecule has 0 aliphatic carbocycles. The molecule has 0 aliphatic rings. The van der Waals surface area contributed by atoms with Crippen molar-refractivity contribution in [1.82, 2.24) is 9.97 Å². The van der Waals surface area contributed by atoms with E-state index in [0.717, 1.165) is 22.7 Å². The first kappa shape index (κ1) is 12.4. The summed E-state index contributed by atoms with van der Waals surface area (Å²) in [5.74, 6) is 2.82. The normalized spacial score (nSPS) is 10.2. The van der Waals surface area contributed by atoms with Crippen molar-refractivity contribution < 1.29 is 4.74 Å². The molecule has 0 spiro atoms. The molecule has 0 saturated heterocycles. The lowest BCUT2D eigenvalue weighted by atomic mass is 10.1. The van der Waals surface area contributed by atoms with E-state index in [2.05, 4.69) is 21.4 Å². The zero-order valence-corrected chi connectivity index (χ0v) is 11.1. The summed E-state index contributed by atoms with van der Waals surface area (Å²) in [4.78, 5) is 8.51. The first-order valence-corrected chi connectivity index (χ1v) is 5.87. The average molecular weight is 243 g/mol. The second-order valence-corrected chi connectivity index (χ2v) is 4.26. The van der Waals surface area contributed by atoms with E-state index in [1.807, 2.05) is 40.0 Å². The van der Waals surface area contributed by atoms with Gasteiger partial charge >= 0.3 is 0 Å². The molecule has 1 N–H and O–H groups in total. The fraction of sp³-hybridized carbons (Fsp3) is 0.286. The van der Waals surface area contributed by atoms with E-state index in [4.69, 9.17) is 4.74 Å². The van der Waals surface area contributed by atoms with Crippen molar-refractivity contribution in [1.29, 1.82) is 0 Å². The molecule has 0 bridgehead atoms. The van der Waals surface area contributed by atoms with E-state index >= 15 is 0 Å². The lowest BCUT2D eigenvalue weighted by Crippen LogP contribution is -1.99. The molecule has 0 atom stereocenters. The van der Waals surface area contributed by atoms with Crippen LogP contribution in [-0.4, -0.2) is 17.0 Å². The minimum atomic E-state index is 0.556. The molecule has 1 aromatic heterocycles. The van der Waals surface area contributed by atoms with Crippen LogP contribution in [0.5, 0.6) is 11.6 Å². The molecule has 1 heterocycles. The van der Waals surface area contributed by atoms with Gasteiger partial charge in [-0.15, -0.1) is 0 Å². The molecule has 18 heavy (non-hydrogen) atoms. The number of anilines is 1. The van der Waals surface area contributed by atoms with Crippen molar-refractivity contribution in [3.63, 3.8) is 0 Å². The Morgan fingerprint density at radius 3 is 2.56 bits per heavy atom. The van der Waals surface area contributed by atoms with Gasteiger partial charge in [-0.3, -0.25) is 0 Å². The molecule has 94 valence electrons. The van der Waals surface area contributed by atoms with Gasteiger partial charge in [-0.05, 0) is 38.0 Å². The SMILES string of the molecule is CNc1cc(Oc2cc(C)ccc2C)nc(C)n1. The highest BCUT2D eigenvalue weighted by atomic mass is 16.5. The van der Waals surface area contributed by atoms with Crippen LogP contribution in [-0.2, 0) is 0 Å². The van der Waals surface area contributed by atoms with Gasteiger partial charge in [-0.1, -0.05) is 12.1 Å². The highest BCUT2D eigenvalue weighted by Crippen LogP contribution is 2.25. The van der Waals surface area contributed by atoms with Crippen molar-refractivity contribution in [3.8, 4) is 11.6 Å². The summed E-state index contributed by atoms with van der Waals surface area (Å²) in [6.07, 6.45) is 0. The second kappa shape index (κ2) is 5.04. The van der Waals surface area contributed by atoms with Crippen molar-refractivity contribution in [3.05, 3.63) is 41.2 Å². The third-order valence-corrected chi connectivity index (χ3v) is 2.63. The van der Waals surface area contributed by atoms with Crippen molar-refractivity contribution in [2.45, 2.75) is 20.8 Å². The number of aromatic nitrogens is 2. The molecular weight excluding hydrogens is 226 g/mol. The van der Waals surface area contributed by atoms with Crippen LogP contribution in [0.4, 0.5) is 5.82 Å². The summed E-state index contributed by atoms with van der Waals surface area (Å²) in [6.45, 7) is 5.90. The number of nitrogens with one attached hydrogen (secondary N) is 1. The molecule has 2 aromatic rings. The largest absolute Gasteiger partial charge is 0.439 e. The first-order valence-electron chi connectivity index (χ1n) is 5.87. The third-order valence-electron chi connectivity index (χ3n) is 2.63. The van der Waals surface area contributed by atoms with E-state index in [0.29, 0.717) is 11.7 Å².